The zero-order valence-corrected chi connectivity index (χ0v) is 15.8. The molecule has 1 aliphatic rings. The monoisotopic (exact) mass is 397 g/mol. The number of nitrogens with two attached hydrogens (primary N) is 1. The second-order valence-electron chi connectivity index (χ2n) is 6.92. The molecule has 4 N–H and O–H groups in total. The van der Waals surface area contributed by atoms with Crippen molar-refractivity contribution < 1.29 is 24.2 Å². The van der Waals surface area contributed by atoms with Crippen molar-refractivity contribution >= 4 is 17.9 Å². The van der Waals surface area contributed by atoms with Crippen LogP contribution in [-0.4, -0.2) is 41.0 Å². The molecule has 3 rings (SSSR count). The van der Waals surface area contributed by atoms with Gasteiger partial charge in [0.05, 0.1) is 18.4 Å². The van der Waals surface area contributed by atoms with E-state index < -0.39 is 24.0 Å². The van der Waals surface area contributed by atoms with Crippen LogP contribution in [-0.2, 0) is 9.59 Å². The lowest BCUT2D eigenvalue weighted by Gasteiger charge is -2.22. The van der Waals surface area contributed by atoms with Crippen LogP contribution in [0.4, 0.5) is 4.79 Å². The Kier molecular flexibility index (Phi) is 6.33. The molecule has 0 bridgehead atoms. The van der Waals surface area contributed by atoms with Gasteiger partial charge in [-0.25, -0.2) is 4.79 Å². The molecule has 0 aliphatic carbocycles. The lowest BCUT2D eigenvalue weighted by Crippen LogP contribution is -2.38. The van der Waals surface area contributed by atoms with E-state index in [4.69, 9.17) is 15.6 Å². The van der Waals surface area contributed by atoms with E-state index in [-0.39, 0.29) is 18.9 Å². The average molecular weight is 397 g/mol. The molecule has 3 amide bonds. The molecule has 0 saturated carbocycles. The number of aliphatic carboxylic acids is 1. The highest BCUT2D eigenvalue weighted by molar-refractivity contribution is 5.80. The molecule has 1 heterocycles. The molecule has 2 aromatic rings. The van der Waals surface area contributed by atoms with Crippen molar-refractivity contribution in [3.05, 3.63) is 60.2 Å². The Bertz CT molecular complexity index is 887. The first-order valence-corrected chi connectivity index (χ1v) is 9.32. The number of ether oxygens (including phenoxy) is 1. The summed E-state index contributed by atoms with van der Waals surface area (Å²) in [5.41, 5.74) is 5.97. The molecule has 2 aromatic carbocycles. The molecule has 1 fully saturated rings. The third-order valence-electron chi connectivity index (χ3n) is 4.82. The Hall–Kier alpha value is -3.55. The van der Waals surface area contributed by atoms with Gasteiger partial charge in [0.1, 0.15) is 11.5 Å². The summed E-state index contributed by atoms with van der Waals surface area (Å²) in [5.74, 6) is -0.467. The van der Waals surface area contributed by atoms with Gasteiger partial charge in [0.2, 0.25) is 5.91 Å². The number of carbonyl (C=O) groups is 3. The standard InChI is InChI=1S/C21H23N3O5/c22-21(28)23-18(12-19(25)24-10-9-15(13-24)20(26)27)14-5-4-8-17(11-14)29-16-6-2-1-3-7-16/h1-8,11,15,18H,9-10,12-13H2,(H,26,27)(H3,22,23,28). The van der Waals surface area contributed by atoms with Crippen LogP contribution in [0.25, 0.3) is 0 Å². The molecule has 1 saturated heterocycles. The SMILES string of the molecule is NC(=O)NC(CC(=O)N1CCC(C(=O)O)C1)c1cccc(Oc2ccccc2)c1. The molecule has 8 heteroatoms. The summed E-state index contributed by atoms with van der Waals surface area (Å²) in [6.45, 7) is 0.560. The number of rotatable bonds is 7. The lowest BCUT2D eigenvalue weighted by molar-refractivity contribution is -0.141. The van der Waals surface area contributed by atoms with Gasteiger partial charge in [-0.05, 0) is 36.2 Å². The topological polar surface area (TPSA) is 122 Å². The maximum atomic E-state index is 12.7. The van der Waals surface area contributed by atoms with Gasteiger partial charge in [0.15, 0.2) is 0 Å². The lowest BCUT2D eigenvalue weighted by atomic mass is 10.0. The molecule has 0 radical (unpaired) electrons. The highest BCUT2D eigenvalue weighted by atomic mass is 16.5. The van der Waals surface area contributed by atoms with Crippen LogP contribution in [0.3, 0.4) is 0 Å². The van der Waals surface area contributed by atoms with Gasteiger partial charge in [0, 0.05) is 13.1 Å². The predicted molar refractivity (Wildman–Crippen MR) is 105 cm³/mol. The highest BCUT2D eigenvalue weighted by Gasteiger charge is 2.32. The maximum Gasteiger partial charge on any atom is 0.312 e. The zero-order chi connectivity index (χ0) is 20.8. The largest absolute Gasteiger partial charge is 0.481 e. The van der Waals surface area contributed by atoms with E-state index in [9.17, 15) is 14.4 Å². The van der Waals surface area contributed by atoms with Crippen molar-refractivity contribution in [2.75, 3.05) is 13.1 Å². The highest BCUT2D eigenvalue weighted by Crippen LogP contribution is 2.27. The van der Waals surface area contributed by atoms with E-state index >= 15 is 0 Å². The number of nitrogens with zero attached hydrogens (tertiary/aromatic N) is 1. The van der Waals surface area contributed by atoms with Gasteiger partial charge in [-0.15, -0.1) is 0 Å². The predicted octanol–water partition coefficient (Wildman–Crippen LogP) is 2.51. The van der Waals surface area contributed by atoms with Gasteiger partial charge in [-0.2, -0.15) is 0 Å². The Morgan fingerprint density at radius 2 is 1.86 bits per heavy atom. The third kappa shape index (κ3) is 5.47. The first kappa shape index (κ1) is 20.2. The van der Waals surface area contributed by atoms with Gasteiger partial charge in [0.25, 0.3) is 0 Å². The molecule has 29 heavy (non-hydrogen) atoms. The molecular weight excluding hydrogens is 374 g/mol. The van der Waals surface area contributed by atoms with E-state index in [0.717, 1.165) is 0 Å². The molecule has 1 aliphatic heterocycles. The van der Waals surface area contributed by atoms with Crippen LogP contribution in [0.2, 0.25) is 0 Å². The van der Waals surface area contributed by atoms with Crippen molar-refractivity contribution in [3.63, 3.8) is 0 Å². The van der Waals surface area contributed by atoms with Crippen LogP contribution in [0.5, 0.6) is 11.5 Å². The number of carboxylic acids is 1. The normalized spacial score (nSPS) is 16.8. The van der Waals surface area contributed by atoms with Crippen molar-refractivity contribution in [1.29, 1.82) is 0 Å². The summed E-state index contributed by atoms with van der Waals surface area (Å²) >= 11 is 0. The molecular formula is C21H23N3O5. The molecule has 152 valence electrons. The fraction of sp³-hybridized carbons (Fsp3) is 0.286. The summed E-state index contributed by atoms with van der Waals surface area (Å²) in [6, 6.07) is 14.9. The quantitative estimate of drug-likeness (QED) is 0.663. The number of nitrogens with one attached hydrogen (secondary N) is 1. The minimum Gasteiger partial charge on any atom is -0.481 e. The fourth-order valence-corrected chi connectivity index (χ4v) is 3.34. The number of carbonyl (C=O) groups excluding carboxylic acids is 2. The second kappa shape index (κ2) is 9.09. The summed E-state index contributed by atoms with van der Waals surface area (Å²) in [6.07, 6.45) is 0.402. The van der Waals surface area contributed by atoms with E-state index in [2.05, 4.69) is 5.32 Å². The molecule has 0 aromatic heterocycles. The Morgan fingerprint density at radius 3 is 2.52 bits per heavy atom. The van der Waals surface area contributed by atoms with Crippen LogP contribution in [0.1, 0.15) is 24.4 Å². The number of para-hydroxylation sites is 1. The Balaban J connectivity index is 1.73. The minimum atomic E-state index is -0.905. The van der Waals surface area contributed by atoms with Gasteiger partial charge >= 0.3 is 12.0 Å². The Labute approximate surface area is 168 Å². The van der Waals surface area contributed by atoms with Crippen LogP contribution < -0.4 is 15.8 Å². The number of carboxylic acid groups (broad SMARTS) is 1. The smallest absolute Gasteiger partial charge is 0.312 e. The number of amides is 3. The Morgan fingerprint density at radius 1 is 1.14 bits per heavy atom. The van der Waals surface area contributed by atoms with Crippen LogP contribution in [0, 0.1) is 5.92 Å². The number of urea groups is 1. The third-order valence-corrected chi connectivity index (χ3v) is 4.82. The molecule has 2 atom stereocenters. The van der Waals surface area contributed by atoms with E-state index in [1.807, 2.05) is 30.3 Å². The van der Waals surface area contributed by atoms with E-state index in [0.29, 0.717) is 30.0 Å². The summed E-state index contributed by atoms with van der Waals surface area (Å²) in [4.78, 5) is 36.8. The van der Waals surface area contributed by atoms with Crippen LogP contribution in [0.15, 0.2) is 54.6 Å². The first-order chi connectivity index (χ1) is 13.9. The number of primary amides is 1. The average Bonchev–Trinajstić information content (AvgIpc) is 3.19. The second-order valence-corrected chi connectivity index (χ2v) is 6.92. The molecule has 0 spiro atoms. The van der Waals surface area contributed by atoms with E-state index in [1.54, 1.807) is 24.3 Å². The minimum absolute atomic E-state index is 0.0237. The number of hydrogen-bond acceptors (Lipinski definition) is 4. The van der Waals surface area contributed by atoms with Gasteiger partial charge in [-0.3, -0.25) is 9.59 Å². The van der Waals surface area contributed by atoms with E-state index in [1.165, 1.54) is 4.90 Å². The summed E-state index contributed by atoms with van der Waals surface area (Å²) < 4.78 is 5.81. The number of hydrogen-bond donors (Lipinski definition) is 3. The number of benzene rings is 2. The van der Waals surface area contributed by atoms with Crippen molar-refractivity contribution in [1.82, 2.24) is 10.2 Å². The summed E-state index contributed by atoms with van der Waals surface area (Å²) in [5, 5.41) is 11.7. The van der Waals surface area contributed by atoms with Crippen molar-refractivity contribution in [3.8, 4) is 11.5 Å². The molecule has 8 nitrogen and oxygen atoms in total. The fourth-order valence-electron chi connectivity index (χ4n) is 3.34. The van der Waals surface area contributed by atoms with Crippen molar-refractivity contribution in [2.45, 2.75) is 18.9 Å². The summed E-state index contributed by atoms with van der Waals surface area (Å²) in [7, 11) is 0. The van der Waals surface area contributed by atoms with Crippen molar-refractivity contribution in [2.24, 2.45) is 11.7 Å². The molecule has 2 unspecified atom stereocenters. The maximum absolute atomic E-state index is 12.7. The van der Waals surface area contributed by atoms with Crippen LogP contribution >= 0.6 is 0 Å². The zero-order valence-electron chi connectivity index (χ0n) is 15.8. The number of likely N-dealkylation sites (tertiary alicyclic amines) is 1. The van der Waals surface area contributed by atoms with Gasteiger partial charge in [-0.1, -0.05) is 30.3 Å². The first-order valence-electron chi connectivity index (χ1n) is 9.32. The van der Waals surface area contributed by atoms with Gasteiger partial charge < -0.3 is 25.8 Å².